The molecule has 7 nitrogen and oxygen atoms in total. The largest absolute Gasteiger partial charge is 0.480 e. The van der Waals surface area contributed by atoms with Crippen molar-refractivity contribution in [2.45, 2.75) is 19.9 Å². The molecule has 0 bridgehead atoms. The number of carboxylic acids is 1. The fraction of sp³-hybridized carbons (Fsp3) is 0.250. The highest BCUT2D eigenvalue weighted by molar-refractivity contribution is 7.80. The number of carbonyl (C=O) groups is 2. The van der Waals surface area contributed by atoms with Gasteiger partial charge in [0.05, 0.1) is 0 Å². The first-order chi connectivity index (χ1) is 11.4. The van der Waals surface area contributed by atoms with Crippen molar-refractivity contribution in [2.75, 3.05) is 11.1 Å². The summed E-state index contributed by atoms with van der Waals surface area (Å²) in [5, 5.41) is 14.4. The smallest absolute Gasteiger partial charge is 0.327 e. The van der Waals surface area contributed by atoms with Gasteiger partial charge >= 0.3 is 5.97 Å². The average molecular weight is 346 g/mol. The molecule has 2 aromatic rings. The van der Waals surface area contributed by atoms with E-state index in [-0.39, 0.29) is 5.75 Å². The number of thiol groups is 1. The third kappa shape index (κ3) is 4.69. The number of hydrogen-bond acceptors (Lipinski definition) is 6. The number of nitrogens with one attached hydrogen (secondary N) is 2. The van der Waals surface area contributed by atoms with Crippen LogP contribution in [0.15, 0.2) is 30.3 Å². The number of benzene rings is 1. The van der Waals surface area contributed by atoms with Gasteiger partial charge in [-0.25, -0.2) is 14.8 Å². The van der Waals surface area contributed by atoms with Crippen molar-refractivity contribution in [3.8, 4) is 0 Å². The van der Waals surface area contributed by atoms with E-state index in [0.29, 0.717) is 17.2 Å². The second kappa shape index (κ2) is 7.78. The van der Waals surface area contributed by atoms with Gasteiger partial charge in [0.1, 0.15) is 6.04 Å². The van der Waals surface area contributed by atoms with Gasteiger partial charge in [-0.2, -0.15) is 12.6 Å². The van der Waals surface area contributed by atoms with E-state index < -0.39 is 17.9 Å². The lowest BCUT2D eigenvalue weighted by Gasteiger charge is -2.13. The van der Waals surface area contributed by atoms with E-state index in [1.165, 1.54) is 0 Å². The normalized spacial score (nSPS) is 11.6. The minimum atomic E-state index is -1.13. The molecule has 1 aromatic heterocycles. The van der Waals surface area contributed by atoms with E-state index in [1.54, 1.807) is 24.3 Å². The summed E-state index contributed by atoms with van der Waals surface area (Å²) >= 11 is 3.92. The highest BCUT2D eigenvalue weighted by Crippen LogP contribution is 2.16. The Hall–Kier alpha value is -2.61. The van der Waals surface area contributed by atoms with Crippen LogP contribution in [0.2, 0.25) is 0 Å². The van der Waals surface area contributed by atoms with Gasteiger partial charge in [-0.1, -0.05) is 6.07 Å². The van der Waals surface area contributed by atoms with Crippen LogP contribution in [0.5, 0.6) is 0 Å². The first-order valence-electron chi connectivity index (χ1n) is 7.23. The number of nitrogens with zero attached hydrogens (tertiary/aromatic N) is 2. The lowest BCUT2D eigenvalue weighted by Crippen LogP contribution is -2.42. The van der Waals surface area contributed by atoms with Gasteiger partial charge in [-0.3, -0.25) is 4.79 Å². The summed E-state index contributed by atoms with van der Waals surface area (Å²) in [6.07, 6.45) is 0. The number of carboxylic acid groups (broad SMARTS) is 1. The topological polar surface area (TPSA) is 104 Å². The van der Waals surface area contributed by atoms with E-state index in [9.17, 15) is 9.59 Å². The zero-order chi connectivity index (χ0) is 17.7. The molecule has 2 rings (SSSR count). The maximum Gasteiger partial charge on any atom is 0.327 e. The zero-order valence-corrected chi connectivity index (χ0v) is 14.2. The molecule has 24 heavy (non-hydrogen) atoms. The molecule has 3 N–H and O–H groups in total. The second-order valence-corrected chi connectivity index (χ2v) is 5.59. The summed E-state index contributed by atoms with van der Waals surface area (Å²) in [5.74, 6) is -1.17. The van der Waals surface area contributed by atoms with Crippen LogP contribution in [0.1, 0.15) is 21.7 Å². The number of rotatable bonds is 6. The van der Waals surface area contributed by atoms with Gasteiger partial charge in [0.25, 0.3) is 5.91 Å². The van der Waals surface area contributed by atoms with E-state index in [0.717, 1.165) is 11.4 Å². The molecule has 0 saturated heterocycles. The van der Waals surface area contributed by atoms with Gasteiger partial charge in [0.2, 0.25) is 5.95 Å². The molecular formula is C16H18N4O3S. The lowest BCUT2D eigenvalue weighted by atomic mass is 10.1. The van der Waals surface area contributed by atoms with Gasteiger partial charge in [-0.15, -0.1) is 0 Å². The summed E-state index contributed by atoms with van der Waals surface area (Å²) in [6, 6.07) is 7.48. The van der Waals surface area contributed by atoms with Gasteiger partial charge in [0.15, 0.2) is 0 Å². The van der Waals surface area contributed by atoms with E-state index in [2.05, 4.69) is 33.2 Å². The van der Waals surface area contributed by atoms with Crippen molar-refractivity contribution >= 4 is 36.1 Å². The van der Waals surface area contributed by atoms with Gasteiger partial charge < -0.3 is 15.7 Å². The Balaban J connectivity index is 2.16. The Bertz CT molecular complexity index is 746. The number of anilines is 2. The molecule has 1 heterocycles. The minimum absolute atomic E-state index is 0.00935. The van der Waals surface area contributed by atoms with Crippen molar-refractivity contribution in [1.82, 2.24) is 15.3 Å². The summed E-state index contributed by atoms with van der Waals surface area (Å²) in [6.45, 7) is 3.74. The molecule has 126 valence electrons. The van der Waals surface area contributed by atoms with E-state index in [1.807, 2.05) is 19.9 Å². The molecule has 1 aromatic carbocycles. The number of aliphatic carboxylic acids is 1. The Kier molecular flexibility index (Phi) is 5.75. The first kappa shape index (κ1) is 17.7. The van der Waals surface area contributed by atoms with Crippen LogP contribution in [0.4, 0.5) is 11.6 Å². The SMILES string of the molecule is Cc1cc(C)nc(Nc2cccc(C(=O)NC(CS)C(=O)O)c2)n1. The van der Waals surface area contributed by atoms with Crippen LogP contribution in [-0.4, -0.2) is 38.7 Å². The van der Waals surface area contributed by atoms with Gasteiger partial charge in [-0.05, 0) is 38.1 Å². The summed E-state index contributed by atoms with van der Waals surface area (Å²) in [5.41, 5.74) is 2.62. The van der Waals surface area contributed by atoms with Crippen LogP contribution >= 0.6 is 12.6 Å². The third-order valence-corrected chi connectivity index (χ3v) is 3.51. The lowest BCUT2D eigenvalue weighted by molar-refractivity contribution is -0.138. The second-order valence-electron chi connectivity index (χ2n) is 5.23. The number of aryl methyl sites for hydroxylation is 2. The number of carbonyl (C=O) groups excluding carboxylic acids is 1. The molecule has 0 radical (unpaired) electrons. The van der Waals surface area contributed by atoms with Crippen molar-refractivity contribution in [1.29, 1.82) is 0 Å². The molecule has 0 saturated carbocycles. The summed E-state index contributed by atoms with van der Waals surface area (Å²) < 4.78 is 0. The Morgan fingerprint density at radius 3 is 2.46 bits per heavy atom. The van der Waals surface area contributed by atoms with Crippen LogP contribution in [0.25, 0.3) is 0 Å². The number of aromatic nitrogens is 2. The molecule has 0 aliphatic rings. The van der Waals surface area contributed by atoms with Crippen LogP contribution < -0.4 is 10.6 Å². The summed E-state index contributed by atoms with van der Waals surface area (Å²) in [7, 11) is 0. The van der Waals surface area contributed by atoms with Crippen molar-refractivity contribution < 1.29 is 14.7 Å². The molecule has 1 amide bonds. The average Bonchev–Trinajstić information content (AvgIpc) is 2.51. The Morgan fingerprint density at radius 2 is 1.88 bits per heavy atom. The maximum atomic E-state index is 12.2. The number of hydrogen-bond donors (Lipinski definition) is 4. The molecule has 0 spiro atoms. The van der Waals surface area contributed by atoms with Crippen LogP contribution in [-0.2, 0) is 4.79 Å². The fourth-order valence-corrected chi connectivity index (χ4v) is 2.32. The van der Waals surface area contributed by atoms with E-state index >= 15 is 0 Å². The molecular weight excluding hydrogens is 328 g/mol. The highest BCUT2D eigenvalue weighted by atomic mass is 32.1. The predicted octanol–water partition coefficient (Wildman–Crippen LogP) is 1.95. The van der Waals surface area contributed by atoms with Crippen molar-refractivity contribution in [3.63, 3.8) is 0 Å². The quantitative estimate of drug-likeness (QED) is 0.596. The fourth-order valence-electron chi connectivity index (χ4n) is 2.08. The Labute approximate surface area is 144 Å². The molecule has 1 atom stereocenters. The number of amides is 1. The molecule has 0 aliphatic carbocycles. The maximum absolute atomic E-state index is 12.2. The highest BCUT2D eigenvalue weighted by Gasteiger charge is 2.19. The minimum Gasteiger partial charge on any atom is -0.480 e. The standard InChI is InChI=1S/C16H18N4O3S/c1-9-6-10(2)18-16(17-9)19-12-5-3-4-11(7-12)14(21)20-13(8-24)15(22)23/h3-7,13,24H,8H2,1-2H3,(H,20,21)(H,22,23)(H,17,18,19). The van der Waals surface area contributed by atoms with Crippen LogP contribution in [0.3, 0.4) is 0 Å². The third-order valence-electron chi connectivity index (χ3n) is 3.15. The molecule has 1 unspecified atom stereocenters. The van der Waals surface area contributed by atoms with E-state index in [4.69, 9.17) is 5.11 Å². The van der Waals surface area contributed by atoms with Crippen molar-refractivity contribution in [2.24, 2.45) is 0 Å². The monoisotopic (exact) mass is 346 g/mol. The van der Waals surface area contributed by atoms with Crippen LogP contribution in [0, 0.1) is 13.8 Å². The first-order valence-corrected chi connectivity index (χ1v) is 7.86. The summed E-state index contributed by atoms with van der Waals surface area (Å²) in [4.78, 5) is 31.7. The molecule has 0 fully saturated rings. The predicted molar refractivity (Wildman–Crippen MR) is 94.0 cm³/mol. The van der Waals surface area contributed by atoms with Gasteiger partial charge in [0, 0.05) is 28.4 Å². The van der Waals surface area contributed by atoms with Crippen molar-refractivity contribution in [3.05, 3.63) is 47.3 Å². The molecule has 8 heteroatoms. The Morgan fingerprint density at radius 1 is 1.21 bits per heavy atom. The molecule has 0 aliphatic heterocycles. The zero-order valence-electron chi connectivity index (χ0n) is 13.3.